The van der Waals surface area contributed by atoms with Crippen molar-refractivity contribution >= 4 is 11.6 Å². The van der Waals surface area contributed by atoms with Gasteiger partial charge >= 0.3 is 0 Å². The number of carbonyl (C=O) groups excluding carboxylic acids is 1. The van der Waals surface area contributed by atoms with Crippen molar-refractivity contribution in [2.45, 2.75) is 18.9 Å². The Morgan fingerprint density at radius 3 is 2.46 bits per heavy atom. The summed E-state index contributed by atoms with van der Waals surface area (Å²) in [5.41, 5.74) is 13.5. The smallest absolute Gasteiger partial charge is 0.256 e. The van der Waals surface area contributed by atoms with Gasteiger partial charge in [-0.1, -0.05) is 36.4 Å². The molecule has 0 heterocycles. The number of anilines is 1. The second-order valence-corrected chi connectivity index (χ2v) is 6.82. The minimum absolute atomic E-state index is 0. The number of carbonyl (C=O) groups is 1. The van der Waals surface area contributed by atoms with Crippen LogP contribution >= 0.6 is 0 Å². The van der Waals surface area contributed by atoms with Gasteiger partial charge in [-0.3, -0.25) is 4.79 Å². The summed E-state index contributed by atoms with van der Waals surface area (Å²) < 4.78 is 5.21. The molecule has 2 N–H and O–H groups in total. The van der Waals surface area contributed by atoms with Gasteiger partial charge in [0, 0.05) is 55.3 Å². The Bertz CT molecular complexity index is 986. The molecule has 1 unspecified atom stereocenters. The molecule has 1 aliphatic carbocycles. The molecule has 139 valence electrons. The summed E-state index contributed by atoms with van der Waals surface area (Å²) in [5.74, 6) is 0.647. The largest absolute Gasteiger partial charge is 0.674 e. The van der Waals surface area contributed by atoms with Gasteiger partial charge in [-0.25, -0.2) is 0 Å². The van der Waals surface area contributed by atoms with Crippen LogP contribution in [0.1, 0.15) is 21.5 Å². The van der Waals surface area contributed by atoms with Crippen LogP contribution in [0.25, 0.3) is 16.9 Å². The summed E-state index contributed by atoms with van der Waals surface area (Å²) in [7, 11) is 1.63. The van der Waals surface area contributed by atoms with Crippen LogP contribution in [0, 0.1) is 44.1 Å². The maximum atomic E-state index is 12.9. The van der Waals surface area contributed by atoms with Crippen molar-refractivity contribution < 1.29 is 53.6 Å². The van der Waals surface area contributed by atoms with Crippen molar-refractivity contribution in [3.8, 4) is 16.9 Å². The Labute approximate surface area is 201 Å². The molecule has 0 saturated heterocycles. The summed E-state index contributed by atoms with van der Waals surface area (Å²) in [5, 5.41) is 3.01. The van der Waals surface area contributed by atoms with E-state index in [1.807, 2.05) is 66.7 Å². The summed E-state index contributed by atoms with van der Waals surface area (Å²) in [6.07, 6.45) is 1.55. The third-order valence-electron chi connectivity index (χ3n) is 4.97. The van der Waals surface area contributed by atoms with E-state index in [1.165, 1.54) is 5.56 Å². The first-order valence-corrected chi connectivity index (χ1v) is 9.02. The van der Waals surface area contributed by atoms with Gasteiger partial charge in [-0.05, 0) is 65.4 Å². The maximum Gasteiger partial charge on any atom is 0.256 e. The number of hydrogen-bond donors (Lipinski definition) is 1. The van der Waals surface area contributed by atoms with Crippen molar-refractivity contribution in [1.29, 1.82) is 0 Å². The molecule has 3 aromatic carbocycles. The predicted molar refractivity (Wildman–Crippen MR) is 108 cm³/mol. The molecular weight excluding hydrogens is 563 g/mol. The molecule has 0 aromatic heterocycles. The fraction of sp³-hybridized carbons (Fsp3) is 0.174. The van der Waals surface area contributed by atoms with Crippen molar-refractivity contribution in [2.75, 3.05) is 12.4 Å². The molecule has 0 saturated carbocycles. The number of hydrogen-bond acceptors (Lipinski definition) is 2. The molecule has 1 atom stereocenters. The molecule has 3 aromatic rings. The standard InChI is InChI=1S/C23H21N2O2.Ac/c1-27-20-10-7-15(8-11-20)21-4-2-3-5-22(21)23(26)25-19-9-6-16-12-18(24)13-17(16)14-19;/h2-11,14,18,24H,12-13H2,1H3,(H,25,26);/q-1;. The minimum atomic E-state index is -0.137. The van der Waals surface area contributed by atoms with Gasteiger partial charge in [0.2, 0.25) is 0 Å². The molecule has 28 heavy (non-hydrogen) atoms. The molecule has 0 aliphatic heterocycles. The third-order valence-corrected chi connectivity index (χ3v) is 4.97. The van der Waals surface area contributed by atoms with Crippen LogP contribution in [0.5, 0.6) is 5.75 Å². The Morgan fingerprint density at radius 2 is 1.71 bits per heavy atom. The topological polar surface area (TPSA) is 62.1 Å². The van der Waals surface area contributed by atoms with Crippen LogP contribution < -0.4 is 10.1 Å². The van der Waals surface area contributed by atoms with Gasteiger partial charge < -0.3 is 15.8 Å². The molecular formula is C23H21AcN2O2-. The zero-order chi connectivity index (χ0) is 18.8. The zero-order valence-corrected chi connectivity index (χ0v) is 20.5. The molecule has 0 fully saturated rings. The molecule has 0 bridgehead atoms. The second-order valence-electron chi connectivity index (χ2n) is 6.82. The minimum Gasteiger partial charge on any atom is -0.674 e. The monoisotopic (exact) mass is 584 g/mol. The molecule has 4 nitrogen and oxygen atoms in total. The van der Waals surface area contributed by atoms with E-state index in [0.29, 0.717) is 5.56 Å². The average molecular weight is 584 g/mol. The van der Waals surface area contributed by atoms with Crippen LogP contribution in [0.2, 0.25) is 0 Å². The van der Waals surface area contributed by atoms with Crippen molar-refractivity contribution in [3.05, 3.63) is 89.2 Å². The number of nitrogens with one attached hydrogen (secondary N) is 2. The fourth-order valence-electron chi connectivity index (χ4n) is 3.60. The molecule has 4 rings (SSSR count). The number of amides is 1. The van der Waals surface area contributed by atoms with E-state index in [-0.39, 0.29) is 56.0 Å². The van der Waals surface area contributed by atoms with Gasteiger partial charge in [0.25, 0.3) is 5.91 Å². The summed E-state index contributed by atoms with van der Waals surface area (Å²) in [6.45, 7) is 0. The van der Waals surface area contributed by atoms with Crippen LogP contribution in [0.3, 0.4) is 0 Å². The predicted octanol–water partition coefficient (Wildman–Crippen LogP) is 5.13. The molecule has 1 radical (unpaired) electrons. The first-order valence-electron chi connectivity index (χ1n) is 9.02. The number of ether oxygens (including phenoxy) is 1. The Morgan fingerprint density at radius 1 is 1.00 bits per heavy atom. The first kappa shape index (κ1) is 21.1. The number of rotatable bonds is 4. The number of methoxy groups -OCH3 is 1. The quantitative estimate of drug-likeness (QED) is 0.462. The molecule has 0 spiro atoms. The Kier molecular flexibility index (Phi) is 6.93. The second kappa shape index (κ2) is 9.22. The zero-order valence-electron chi connectivity index (χ0n) is 15.7. The molecule has 1 aliphatic rings. The molecule has 1 amide bonds. The van der Waals surface area contributed by atoms with E-state index in [1.54, 1.807) is 7.11 Å². The van der Waals surface area contributed by atoms with E-state index in [9.17, 15) is 4.79 Å². The van der Waals surface area contributed by atoms with Gasteiger partial charge in [-0.2, -0.15) is 0 Å². The Balaban J connectivity index is 0.00000225. The van der Waals surface area contributed by atoms with Crippen LogP contribution in [0.4, 0.5) is 5.69 Å². The maximum absolute atomic E-state index is 12.9. The fourth-order valence-corrected chi connectivity index (χ4v) is 3.60. The SMILES string of the molecule is COc1ccc(-c2ccccc2C(=O)Nc2ccc3c(c2)CC([NH-])C3)cc1.[Ac]. The Hall–Kier alpha value is -1.67. The van der Waals surface area contributed by atoms with E-state index in [4.69, 9.17) is 10.5 Å². The van der Waals surface area contributed by atoms with Crippen LogP contribution in [-0.2, 0) is 12.8 Å². The van der Waals surface area contributed by atoms with Gasteiger partial charge in [0.1, 0.15) is 5.75 Å². The van der Waals surface area contributed by atoms with E-state index >= 15 is 0 Å². The van der Waals surface area contributed by atoms with Crippen molar-refractivity contribution in [1.82, 2.24) is 0 Å². The van der Waals surface area contributed by atoms with Gasteiger partial charge in [0.15, 0.2) is 0 Å². The average Bonchev–Trinajstić information content (AvgIpc) is 3.07. The van der Waals surface area contributed by atoms with E-state index in [2.05, 4.69) is 5.32 Å². The van der Waals surface area contributed by atoms with Crippen molar-refractivity contribution in [2.24, 2.45) is 0 Å². The summed E-state index contributed by atoms with van der Waals surface area (Å²) >= 11 is 0. The van der Waals surface area contributed by atoms with Gasteiger partial charge in [0.05, 0.1) is 7.11 Å². The van der Waals surface area contributed by atoms with Crippen LogP contribution in [-0.4, -0.2) is 19.1 Å². The first-order chi connectivity index (χ1) is 13.1. The van der Waals surface area contributed by atoms with E-state index in [0.717, 1.165) is 41.0 Å². The van der Waals surface area contributed by atoms with E-state index < -0.39 is 0 Å². The van der Waals surface area contributed by atoms with Gasteiger partial charge in [-0.15, -0.1) is 6.04 Å². The van der Waals surface area contributed by atoms with Crippen LogP contribution in [0.15, 0.2) is 66.7 Å². The third kappa shape index (κ3) is 4.49. The summed E-state index contributed by atoms with van der Waals surface area (Å²) in [6, 6.07) is 21.1. The van der Waals surface area contributed by atoms with Crippen molar-refractivity contribution in [3.63, 3.8) is 0 Å². The summed E-state index contributed by atoms with van der Waals surface area (Å²) in [4.78, 5) is 12.9. The molecule has 5 heteroatoms. The normalized spacial score (nSPS) is 14.7. The number of fused-ring (bicyclic) bond motifs is 1. The number of benzene rings is 3.